The number of hydrogen-bond donors (Lipinski definition) is 1. The highest BCUT2D eigenvalue weighted by Gasteiger charge is 2.24. The van der Waals surface area contributed by atoms with E-state index in [1.54, 1.807) is 0 Å². The van der Waals surface area contributed by atoms with Crippen molar-refractivity contribution in [2.45, 2.75) is 38.1 Å². The molecular weight excluding hydrogens is 236 g/mol. The summed E-state index contributed by atoms with van der Waals surface area (Å²) in [4.78, 5) is 14.0. The van der Waals surface area contributed by atoms with Gasteiger partial charge in [0.05, 0.1) is 6.04 Å². The van der Waals surface area contributed by atoms with Gasteiger partial charge >= 0.3 is 0 Å². The fourth-order valence-corrected chi connectivity index (χ4v) is 2.59. The Morgan fingerprint density at radius 2 is 2.11 bits per heavy atom. The standard InChI is InChI=1S/C16H24N2O/c1-18(16(19)15-11-7-12-17-15)13-6-5-10-14-8-3-2-4-9-14/h2-4,8-9,15,17H,5-7,10-13H2,1H3. The number of rotatable bonds is 6. The maximum Gasteiger partial charge on any atom is 0.239 e. The summed E-state index contributed by atoms with van der Waals surface area (Å²) < 4.78 is 0. The number of carbonyl (C=O) groups is 1. The lowest BCUT2D eigenvalue weighted by Crippen LogP contribution is -2.41. The van der Waals surface area contributed by atoms with Crippen LogP contribution in [0.25, 0.3) is 0 Å². The second kappa shape index (κ2) is 7.29. The molecule has 1 aliphatic rings. The van der Waals surface area contributed by atoms with Crippen molar-refractivity contribution in [2.75, 3.05) is 20.1 Å². The van der Waals surface area contributed by atoms with Crippen molar-refractivity contribution in [1.29, 1.82) is 0 Å². The third-order valence-corrected chi connectivity index (χ3v) is 3.79. The van der Waals surface area contributed by atoms with E-state index >= 15 is 0 Å². The lowest BCUT2D eigenvalue weighted by molar-refractivity contribution is -0.131. The highest BCUT2D eigenvalue weighted by Crippen LogP contribution is 2.09. The molecule has 1 aromatic rings. The Bertz CT molecular complexity index is 385. The van der Waals surface area contributed by atoms with Crippen LogP contribution in [0.1, 0.15) is 31.2 Å². The molecule has 19 heavy (non-hydrogen) atoms. The molecule has 0 bridgehead atoms. The second-order valence-corrected chi connectivity index (χ2v) is 5.35. The fourth-order valence-electron chi connectivity index (χ4n) is 2.59. The van der Waals surface area contributed by atoms with Crippen LogP contribution in [0, 0.1) is 0 Å². The van der Waals surface area contributed by atoms with Crippen LogP contribution in [-0.4, -0.2) is 37.0 Å². The summed E-state index contributed by atoms with van der Waals surface area (Å²) in [5.74, 6) is 0.261. The predicted octanol–water partition coefficient (Wildman–Crippen LogP) is 2.22. The van der Waals surface area contributed by atoms with Crippen molar-refractivity contribution in [3.63, 3.8) is 0 Å². The number of nitrogens with one attached hydrogen (secondary N) is 1. The highest BCUT2D eigenvalue weighted by atomic mass is 16.2. The molecular formula is C16H24N2O. The van der Waals surface area contributed by atoms with E-state index < -0.39 is 0 Å². The minimum atomic E-state index is 0.0686. The van der Waals surface area contributed by atoms with E-state index in [4.69, 9.17) is 0 Å². The first-order valence-electron chi connectivity index (χ1n) is 7.29. The number of unbranched alkanes of at least 4 members (excludes halogenated alkanes) is 1. The molecule has 0 aromatic heterocycles. The van der Waals surface area contributed by atoms with Gasteiger partial charge in [0, 0.05) is 13.6 Å². The van der Waals surface area contributed by atoms with Crippen molar-refractivity contribution in [1.82, 2.24) is 10.2 Å². The number of likely N-dealkylation sites (N-methyl/N-ethyl adjacent to an activating group) is 1. The van der Waals surface area contributed by atoms with Crippen molar-refractivity contribution in [3.8, 4) is 0 Å². The molecule has 3 heteroatoms. The summed E-state index contributed by atoms with van der Waals surface area (Å²) in [6.07, 6.45) is 5.43. The lowest BCUT2D eigenvalue weighted by atomic mass is 10.1. The SMILES string of the molecule is CN(CCCCc1ccccc1)C(=O)C1CCCN1. The number of carbonyl (C=O) groups excluding carboxylic acids is 1. The van der Waals surface area contributed by atoms with Gasteiger partial charge in [0.15, 0.2) is 0 Å². The van der Waals surface area contributed by atoms with Crippen molar-refractivity contribution < 1.29 is 4.79 Å². The number of nitrogens with zero attached hydrogens (tertiary/aromatic N) is 1. The normalized spacial score (nSPS) is 18.5. The van der Waals surface area contributed by atoms with E-state index in [9.17, 15) is 4.79 Å². The van der Waals surface area contributed by atoms with Gasteiger partial charge in [-0.3, -0.25) is 4.79 Å². The maximum absolute atomic E-state index is 12.1. The Kier molecular flexibility index (Phi) is 5.40. The molecule has 0 spiro atoms. The highest BCUT2D eigenvalue weighted by molar-refractivity contribution is 5.81. The van der Waals surface area contributed by atoms with E-state index in [-0.39, 0.29) is 11.9 Å². The summed E-state index contributed by atoms with van der Waals surface area (Å²) in [5, 5.41) is 3.26. The van der Waals surface area contributed by atoms with Gasteiger partial charge in [-0.05, 0) is 44.2 Å². The molecule has 1 aliphatic heterocycles. The minimum Gasteiger partial charge on any atom is -0.344 e. The van der Waals surface area contributed by atoms with Gasteiger partial charge in [0.25, 0.3) is 0 Å². The van der Waals surface area contributed by atoms with Gasteiger partial charge < -0.3 is 10.2 Å². The van der Waals surface area contributed by atoms with Gasteiger partial charge in [0.2, 0.25) is 5.91 Å². The van der Waals surface area contributed by atoms with Crippen LogP contribution in [0.15, 0.2) is 30.3 Å². The molecule has 0 aliphatic carbocycles. The minimum absolute atomic E-state index is 0.0686. The molecule has 1 heterocycles. The topological polar surface area (TPSA) is 32.3 Å². The van der Waals surface area contributed by atoms with Gasteiger partial charge in [-0.1, -0.05) is 30.3 Å². The molecule has 1 fully saturated rings. The maximum atomic E-state index is 12.1. The molecule has 1 saturated heterocycles. The van der Waals surface area contributed by atoms with Crippen LogP contribution < -0.4 is 5.32 Å². The van der Waals surface area contributed by atoms with Crippen molar-refractivity contribution in [2.24, 2.45) is 0 Å². The molecule has 1 unspecified atom stereocenters. The summed E-state index contributed by atoms with van der Waals surface area (Å²) >= 11 is 0. The zero-order valence-electron chi connectivity index (χ0n) is 11.8. The lowest BCUT2D eigenvalue weighted by Gasteiger charge is -2.21. The summed E-state index contributed by atoms with van der Waals surface area (Å²) in [6.45, 7) is 1.85. The number of aryl methyl sites for hydroxylation is 1. The van der Waals surface area contributed by atoms with Crippen molar-refractivity contribution >= 4 is 5.91 Å². The Labute approximate surface area is 116 Å². The van der Waals surface area contributed by atoms with E-state index in [2.05, 4.69) is 29.6 Å². The van der Waals surface area contributed by atoms with E-state index in [1.807, 2.05) is 18.0 Å². The molecule has 104 valence electrons. The van der Waals surface area contributed by atoms with Crippen LogP contribution >= 0.6 is 0 Å². The monoisotopic (exact) mass is 260 g/mol. The smallest absolute Gasteiger partial charge is 0.239 e. The second-order valence-electron chi connectivity index (χ2n) is 5.35. The first-order valence-corrected chi connectivity index (χ1v) is 7.29. The molecule has 1 atom stereocenters. The van der Waals surface area contributed by atoms with Crippen LogP contribution in [-0.2, 0) is 11.2 Å². The first-order chi connectivity index (χ1) is 9.27. The zero-order valence-corrected chi connectivity index (χ0v) is 11.8. The fraction of sp³-hybridized carbons (Fsp3) is 0.562. The third-order valence-electron chi connectivity index (χ3n) is 3.79. The molecule has 1 amide bonds. The largest absolute Gasteiger partial charge is 0.344 e. The van der Waals surface area contributed by atoms with Crippen LogP contribution in [0.2, 0.25) is 0 Å². The molecule has 0 saturated carbocycles. The number of hydrogen-bond acceptors (Lipinski definition) is 2. The first kappa shape index (κ1) is 14.1. The molecule has 1 aromatic carbocycles. The van der Waals surface area contributed by atoms with Crippen molar-refractivity contribution in [3.05, 3.63) is 35.9 Å². The average molecular weight is 260 g/mol. The zero-order chi connectivity index (χ0) is 13.5. The van der Waals surface area contributed by atoms with E-state index in [0.717, 1.165) is 45.2 Å². The molecule has 0 radical (unpaired) electrons. The third kappa shape index (κ3) is 4.35. The molecule has 1 N–H and O–H groups in total. The Morgan fingerprint density at radius 1 is 1.32 bits per heavy atom. The molecule has 3 nitrogen and oxygen atoms in total. The van der Waals surface area contributed by atoms with E-state index in [1.165, 1.54) is 5.56 Å². The number of amides is 1. The van der Waals surface area contributed by atoms with Gasteiger partial charge in [0.1, 0.15) is 0 Å². The van der Waals surface area contributed by atoms with Crippen LogP contribution in [0.5, 0.6) is 0 Å². The predicted molar refractivity (Wildman–Crippen MR) is 78.0 cm³/mol. The summed E-state index contributed by atoms with van der Waals surface area (Å²) in [7, 11) is 1.92. The Hall–Kier alpha value is -1.35. The summed E-state index contributed by atoms with van der Waals surface area (Å²) in [6, 6.07) is 10.6. The van der Waals surface area contributed by atoms with Crippen LogP contribution in [0.3, 0.4) is 0 Å². The quantitative estimate of drug-likeness (QED) is 0.795. The van der Waals surface area contributed by atoms with Crippen LogP contribution in [0.4, 0.5) is 0 Å². The summed E-state index contributed by atoms with van der Waals surface area (Å²) in [5.41, 5.74) is 1.38. The average Bonchev–Trinajstić information content (AvgIpc) is 2.98. The molecule has 2 rings (SSSR count). The van der Waals surface area contributed by atoms with E-state index in [0.29, 0.717) is 0 Å². The van der Waals surface area contributed by atoms with Gasteiger partial charge in [-0.15, -0.1) is 0 Å². The Morgan fingerprint density at radius 3 is 2.79 bits per heavy atom. The van der Waals surface area contributed by atoms with Gasteiger partial charge in [-0.25, -0.2) is 0 Å². The number of benzene rings is 1. The van der Waals surface area contributed by atoms with Gasteiger partial charge in [-0.2, -0.15) is 0 Å². The Balaban J connectivity index is 1.63.